The van der Waals surface area contributed by atoms with Crippen LogP contribution >= 0.6 is 0 Å². The van der Waals surface area contributed by atoms with Gasteiger partial charge < -0.3 is 4.74 Å². The van der Waals surface area contributed by atoms with E-state index >= 15 is 0 Å². The van der Waals surface area contributed by atoms with Gasteiger partial charge in [-0.15, -0.1) is 0 Å². The molecule has 2 heteroatoms. The Labute approximate surface area is 138 Å². The van der Waals surface area contributed by atoms with Crippen molar-refractivity contribution in [3.63, 3.8) is 0 Å². The number of hydrogen-bond donors (Lipinski definition) is 0. The van der Waals surface area contributed by atoms with Gasteiger partial charge in [0.2, 0.25) is 0 Å². The van der Waals surface area contributed by atoms with Crippen molar-refractivity contribution in [1.82, 2.24) is 0 Å². The molecule has 1 saturated carbocycles. The van der Waals surface area contributed by atoms with Crippen molar-refractivity contribution >= 4 is 5.97 Å². The first-order valence-corrected chi connectivity index (χ1v) is 9.28. The molecule has 22 heavy (non-hydrogen) atoms. The van der Waals surface area contributed by atoms with E-state index in [1.54, 1.807) is 0 Å². The molecule has 0 aliphatic heterocycles. The zero-order chi connectivity index (χ0) is 17.0. The zero-order valence-corrected chi connectivity index (χ0v) is 16.1. The van der Waals surface area contributed by atoms with Gasteiger partial charge in [-0.3, -0.25) is 4.79 Å². The van der Waals surface area contributed by atoms with Gasteiger partial charge >= 0.3 is 5.97 Å². The largest absolute Gasteiger partial charge is 0.459 e. The highest BCUT2D eigenvalue weighted by Gasteiger charge is 2.46. The van der Waals surface area contributed by atoms with Crippen LogP contribution in [0.5, 0.6) is 0 Å². The Bertz CT molecular complexity index is 358. The first-order chi connectivity index (χ1) is 10.0. The lowest BCUT2D eigenvalue weighted by Gasteiger charge is -2.40. The van der Waals surface area contributed by atoms with Crippen LogP contribution in [0.4, 0.5) is 0 Å². The molecular formula is C20H38O2. The molecule has 0 aromatic heterocycles. The molecule has 0 aromatic carbocycles. The number of carbonyl (C=O) groups is 1. The second-order valence-corrected chi connectivity index (χ2v) is 9.19. The van der Waals surface area contributed by atoms with Crippen molar-refractivity contribution in [2.24, 2.45) is 16.7 Å². The second-order valence-electron chi connectivity index (χ2n) is 9.19. The monoisotopic (exact) mass is 310 g/mol. The van der Waals surface area contributed by atoms with Crippen molar-refractivity contribution < 1.29 is 9.53 Å². The topological polar surface area (TPSA) is 26.3 Å². The molecule has 0 spiro atoms. The Balaban J connectivity index is 2.89. The van der Waals surface area contributed by atoms with Crippen LogP contribution in [0.25, 0.3) is 0 Å². The predicted molar refractivity (Wildman–Crippen MR) is 93.8 cm³/mol. The number of esters is 1. The summed E-state index contributed by atoms with van der Waals surface area (Å²) >= 11 is 0. The third-order valence-electron chi connectivity index (χ3n) is 5.45. The fourth-order valence-electron chi connectivity index (χ4n) is 3.85. The van der Waals surface area contributed by atoms with Gasteiger partial charge in [-0.1, -0.05) is 48.0 Å². The van der Waals surface area contributed by atoms with Gasteiger partial charge in [0.15, 0.2) is 0 Å². The van der Waals surface area contributed by atoms with E-state index in [0.717, 1.165) is 32.1 Å². The van der Waals surface area contributed by atoms with E-state index in [1.165, 1.54) is 19.3 Å². The van der Waals surface area contributed by atoms with E-state index in [-0.39, 0.29) is 22.4 Å². The number of ether oxygens (including phenoxy) is 1. The molecule has 0 radical (unpaired) electrons. The van der Waals surface area contributed by atoms with Crippen LogP contribution in [0.3, 0.4) is 0 Å². The average molecular weight is 311 g/mol. The van der Waals surface area contributed by atoms with E-state index in [2.05, 4.69) is 48.5 Å². The molecule has 130 valence electrons. The summed E-state index contributed by atoms with van der Waals surface area (Å²) in [6, 6.07) is 0. The molecule has 0 bridgehead atoms. The smallest absolute Gasteiger partial charge is 0.312 e. The van der Waals surface area contributed by atoms with Gasteiger partial charge in [0.05, 0.1) is 5.41 Å². The lowest BCUT2D eigenvalue weighted by molar-refractivity contribution is -0.177. The minimum absolute atomic E-state index is 0.0374. The van der Waals surface area contributed by atoms with Crippen LogP contribution in [-0.2, 0) is 9.53 Å². The average Bonchev–Trinajstić information content (AvgIpc) is 2.83. The lowest BCUT2D eigenvalue weighted by atomic mass is 9.68. The van der Waals surface area contributed by atoms with Gasteiger partial charge in [-0.2, -0.15) is 0 Å². The molecule has 0 aromatic rings. The first-order valence-electron chi connectivity index (χ1n) is 9.28. The number of rotatable bonds is 7. The second kappa shape index (κ2) is 7.36. The molecule has 0 heterocycles. The summed E-state index contributed by atoms with van der Waals surface area (Å²) in [6.07, 6.45) is 8.77. The molecule has 1 aliphatic rings. The van der Waals surface area contributed by atoms with Gasteiger partial charge in [-0.05, 0) is 63.2 Å². The molecule has 2 nitrogen and oxygen atoms in total. The fourth-order valence-corrected chi connectivity index (χ4v) is 3.85. The lowest BCUT2D eigenvalue weighted by Crippen LogP contribution is -2.43. The number of carbonyl (C=O) groups excluding carboxylic acids is 1. The molecule has 0 saturated heterocycles. The van der Waals surface area contributed by atoms with Crippen molar-refractivity contribution in [2.75, 3.05) is 0 Å². The maximum atomic E-state index is 13.1. The van der Waals surface area contributed by atoms with E-state index in [1.807, 2.05) is 0 Å². The first kappa shape index (κ1) is 19.5. The molecule has 1 aliphatic carbocycles. The summed E-state index contributed by atoms with van der Waals surface area (Å²) in [5, 5.41) is 0. The quantitative estimate of drug-likeness (QED) is 0.529. The Morgan fingerprint density at radius 3 is 2.09 bits per heavy atom. The summed E-state index contributed by atoms with van der Waals surface area (Å²) in [6.45, 7) is 15.3. The van der Waals surface area contributed by atoms with Crippen LogP contribution in [-0.4, -0.2) is 11.6 Å². The van der Waals surface area contributed by atoms with Crippen LogP contribution in [0.2, 0.25) is 0 Å². The number of hydrogen-bond acceptors (Lipinski definition) is 2. The van der Waals surface area contributed by atoms with Crippen molar-refractivity contribution in [3.05, 3.63) is 0 Å². The third-order valence-corrected chi connectivity index (χ3v) is 5.45. The standard InChI is InChI=1S/C20H38O2/c1-8-9-12-20(13-10-11-14-20)22-17(21)19(7,16(2)3)15-18(4,5)6/h16H,8-15H2,1-7H3. The molecule has 1 atom stereocenters. The van der Waals surface area contributed by atoms with Crippen LogP contribution < -0.4 is 0 Å². The molecule has 1 rings (SSSR count). The summed E-state index contributed by atoms with van der Waals surface area (Å²) < 4.78 is 6.23. The van der Waals surface area contributed by atoms with Gasteiger partial charge in [0, 0.05) is 0 Å². The van der Waals surface area contributed by atoms with Crippen molar-refractivity contribution in [2.45, 2.75) is 105 Å². The summed E-state index contributed by atoms with van der Waals surface area (Å²) in [5.41, 5.74) is -0.425. The minimum Gasteiger partial charge on any atom is -0.459 e. The Morgan fingerprint density at radius 1 is 1.14 bits per heavy atom. The third kappa shape index (κ3) is 4.99. The maximum absolute atomic E-state index is 13.1. The van der Waals surface area contributed by atoms with Gasteiger partial charge in [0.1, 0.15) is 5.60 Å². The van der Waals surface area contributed by atoms with E-state index in [4.69, 9.17) is 4.74 Å². The molecule has 0 amide bonds. The summed E-state index contributed by atoms with van der Waals surface area (Å²) in [7, 11) is 0. The summed E-state index contributed by atoms with van der Waals surface area (Å²) in [4.78, 5) is 13.1. The molecular weight excluding hydrogens is 272 g/mol. The summed E-state index contributed by atoms with van der Waals surface area (Å²) in [5.74, 6) is 0.333. The Kier molecular flexibility index (Phi) is 6.53. The normalized spacial score (nSPS) is 20.9. The highest BCUT2D eigenvalue weighted by molar-refractivity contribution is 5.77. The Morgan fingerprint density at radius 2 is 1.68 bits per heavy atom. The number of unbranched alkanes of at least 4 members (excludes halogenated alkanes) is 1. The molecule has 0 N–H and O–H groups in total. The van der Waals surface area contributed by atoms with Crippen LogP contribution in [0.15, 0.2) is 0 Å². The Hall–Kier alpha value is -0.530. The highest BCUT2D eigenvalue weighted by Crippen LogP contribution is 2.44. The highest BCUT2D eigenvalue weighted by atomic mass is 16.6. The van der Waals surface area contributed by atoms with Crippen molar-refractivity contribution in [3.8, 4) is 0 Å². The van der Waals surface area contributed by atoms with E-state index in [9.17, 15) is 4.79 Å². The maximum Gasteiger partial charge on any atom is 0.312 e. The zero-order valence-electron chi connectivity index (χ0n) is 16.1. The van der Waals surface area contributed by atoms with Gasteiger partial charge in [-0.25, -0.2) is 0 Å². The van der Waals surface area contributed by atoms with Crippen LogP contribution in [0, 0.1) is 16.7 Å². The predicted octanol–water partition coefficient (Wildman–Crippen LogP) is 6.13. The minimum atomic E-state index is -0.389. The SMILES string of the molecule is CCCCC1(OC(=O)C(C)(CC(C)(C)C)C(C)C)CCCC1. The van der Waals surface area contributed by atoms with E-state index in [0.29, 0.717) is 5.92 Å². The molecule has 1 unspecified atom stereocenters. The van der Waals surface area contributed by atoms with Gasteiger partial charge in [0.25, 0.3) is 0 Å². The molecule has 1 fully saturated rings. The fraction of sp³-hybridized carbons (Fsp3) is 0.950. The van der Waals surface area contributed by atoms with Crippen LogP contribution in [0.1, 0.15) is 99.8 Å². The van der Waals surface area contributed by atoms with Crippen molar-refractivity contribution in [1.29, 1.82) is 0 Å². The van der Waals surface area contributed by atoms with E-state index < -0.39 is 0 Å².